The smallest absolute Gasteiger partial charge is 0.243 e. The fourth-order valence-corrected chi connectivity index (χ4v) is 5.76. The van der Waals surface area contributed by atoms with E-state index in [9.17, 15) is 8.42 Å². The molecule has 0 aliphatic heterocycles. The molecule has 0 bridgehead atoms. The maximum absolute atomic E-state index is 13.7. The minimum atomic E-state index is -3.76. The lowest BCUT2D eigenvalue weighted by Gasteiger charge is -2.21. The number of furan rings is 1. The van der Waals surface area contributed by atoms with Gasteiger partial charge in [-0.05, 0) is 60.2 Å². The van der Waals surface area contributed by atoms with Gasteiger partial charge in [-0.2, -0.15) is 9.40 Å². The lowest BCUT2D eigenvalue weighted by molar-refractivity contribution is 0.353. The van der Waals surface area contributed by atoms with Gasteiger partial charge in [0, 0.05) is 12.7 Å². The second-order valence-electron chi connectivity index (χ2n) is 8.09. The normalized spacial score (nSPS) is 13.6. The first-order chi connectivity index (χ1) is 15.5. The first-order valence-corrected chi connectivity index (χ1v) is 12.2. The van der Waals surface area contributed by atoms with Crippen molar-refractivity contribution in [1.82, 2.24) is 14.1 Å². The molecule has 5 rings (SSSR count). The van der Waals surface area contributed by atoms with Crippen molar-refractivity contribution in [3.63, 3.8) is 0 Å². The van der Waals surface area contributed by atoms with Crippen LogP contribution in [0, 0.1) is 0 Å². The van der Waals surface area contributed by atoms with Crippen LogP contribution in [0.25, 0.3) is 11.1 Å². The van der Waals surface area contributed by atoms with Crippen LogP contribution in [0.1, 0.15) is 29.1 Å². The number of nitrogens with zero attached hydrogens (tertiary/aromatic N) is 3. The monoisotopic (exact) mass is 447 g/mol. The summed E-state index contributed by atoms with van der Waals surface area (Å²) in [6.45, 7) is 0.369. The molecular weight excluding hydrogens is 422 g/mol. The van der Waals surface area contributed by atoms with Crippen LogP contribution in [0.4, 0.5) is 0 Å². The zero-order valence-electron chi connectivity index (χ0n) is 17.9. The SMILES string of the molecule is Cn1nc(CN(Cc2ccco2)S(=O)(=O)c2ccc(-c3ccccc3)cc2)c2c1CCC2. The van der Waals surface area contributed by atoms with E-state index in [2.05, 4.69) is 5.10 Å². The molecule has 0 saturated carbocycles. The van der Waals surface area contributed by atoms with Gasteiger partial charge in [0.1, 0.15) is 5.76 Å². The molecule has 32 heavy (non-hydrogen) atoms. The van der Waals surface area contributed by atoms with Gasteiger partial charge >= 0.3 is 0 Å². The number of sulfonamides is 1. The number of aromatic nitrogens is 2. The molecule has 0 spiro atoms. The molecule has 4 aromatic rings. The summed E-state index contributed by atoms with van der Waals surface area (Å²) in [4.78, 5) is 0.260. The topological polar surface area (TPSA) is 68.3 Å². The third-order valence-corrected chi connectivity index (χ3v) is 7.84. The lowest BCUT2D eigenvalue weighted by Crippen LogP contribution is -2.30. The Kier molecular flexibility index (Phi) is 5.45. The molecule has 1 aliphatic carbocycles. The van der Waals surface area contributed by atoms with Crippen LogP contribution in [0.2, 0.25) is 0 Å². The fraction of sp³-hybridized carbons (Fsp3) is 0.240. The Hall–Kier alpha value is -3.16. The van der Waals surface area contributed by atoms with Crippen LogP contribution < -0.4 is 0 Å². The molecule has 2 aromatic heterocycles. The van der Waals surface area contributed by atoms with Crippen molar-refractivity contribution in [2.45, 2.75) is 37.2 Å². The molecule has 0 atom stereocenters. The van der Waals surface area contributed by atoms with Crippen molar-refractivity contribution in [2.24, 2.45) is 7.05 Å². The molecule has 0 fully saturated rings. The average molecular weight is 448 g/mol. The summed E-state index contributed by atoms with van der Waals surface area (Å²) in [5.74, 6) is 0.599. The van der Waals surface area contributed by atoms with Crippen molar-refractivity contribution < 1.29 is 12.8 Å². The Morgan fingerprint density at radius 1 is 0.938 bits per heavy atom. The van der Waals surface area contributed by atoms with Crippen LogP contribution in [0.15, 0.2) is 82.3 Å². The molecule has 6 nitrogen and oxygen atoms in total. The first-order valence-electron chi connectivity index (χ1n) is 10.7. The van der Waals surface area contributed by atoms with E-state index in [1.807, 2.05) is 54.2 Å². The van der Waals surface area contributed by atoms with Gasteiger partial charge in [0.25, 0.3) is 0 Å². The number of aryl methyl sites for hydroxylation is 1. The molecular formula is C25H25N3O3S. The van der Waals surface area contributed by atoms with Gasteiger partial charge in [0.15, 0.2) is 0 Å². The summed E-state index contributed by atoms with van der Waals surface area (Å²) >= 11 is 0. The van der Waals surface area contributed by atoms with E-state index >= 15 is 0 Å². The van der Waals surface area contributed by atoms with Gasteiger partial charge in [0.05, 0.1) is 29.9 Å². The van der Waals surface area contributed by atoms with E-state index in [0.29, 0.717) is 5.76 Å². The van der Waals surface area contributed by atoms with E-state index in [0.717, 1.165) is 36.1 Å². The van der Waals surface area contributed by atoms with Gasteiger partial charge in [-0.25, -0.2) is 8.42 Å². The van der Waals surface area contributed by atoms with Gasteiger partial charge in [0.2, 0.25) is 10.0 Å². The Balaban J connectivity index is 1.48. The van der Waals surface area contributed by atoms with Gasteiger partial charge in [-0.15, -0.1) is 0 Å². The molecule has 0 unspecified atom stereocenters. The van der Waals surface area contributed by atoms with Crippen LogP contribution in [-0.4, -0.2) is 22.5 Å². The summed E-state index contributed by atoms with van der Waals surface area (Å²) in [7, 11) is -1.83. The number of fused-ring (bicyclic) bond motifs is 1. The third-order valence-electron chi connectivity index (χ3n) is 6.04. The van der Waals surface area contributed by atoms with E-state index in [1.54, 1.807) is 30.5 Å². The Morgan fingerprint density at radius 3 is 2.41 bits per heavy atom. The van der Waals surface area contributed by atoms with Crippen molar-refractivity contribution in [2.75, 3.05) is 0 Å². The molecule has 0 saturated heterocycles. The van der Waals surface area contributed by atoms with Gasteiger partial charge < -0.3 is 4.42 Å². The van der Waals surface area contributed by atoms with Crippen molar-refractivity contribution >= 4 is 10.0 Å². The minimum Gasteiger partial charge on any atom is -0.468 e. The van der Waals surface area contributed by atoms with Gasteiger partial charge in [-0.1, -0.05) is 42.5 Å². The number of rotatable bonds is 7. The van der Waals surface area contributed by atoms with E-state index < -0.39 is 10.0 Å². The number of hydrogen-bond acceptors (Lipinski definition) is 4. The zero-order chi connectivity index (χ0) is 22.1. The molecule has 0 amide bonds. The van der Waals surface area contributed by atoms with E-state index in [-0.39, 0.29) is 18.0 Å². The summed E-state index contributed by atoms with van der Waals surface area (Å²) in [6.07, 6.45) is 4.58. The molecule has 0 N–H and O–H groups in total. The average Bonchev–Trinajstić information content (AvgIpc) is 3.55. The van der Waals surface area contributed by atoms with E-state index in [1.165, 1.54) is 15.6 Å². The quantitative estimate of drug-likeness (QED) is 0.417. The Bertz CT molecular complexity index is 1310. The Morgan fingerprint density at radius 2 is 1.69 bits per heavy atom. The standard InChI is InChI=1S/C25H25N3O3S/c1-27-25-11-5-10-23(25)24(26-27)18-28(17-21-9-6-16-31-21)32(29,30)22-14-12-20(13-15-22)19-7-3-2-4-8-19/h2-4,6-9,12-16H,5,10-11,17-18H2,1H3. The minimum absolute atomic E-state index is 0.154. The highest BCUT2D eigenvalue weighted by atomic mass is 32.2. The molecule has 2 aromatic carbocycles. The number of benzene rings is 2. The highest BCUT2D eigenvalue weighted by molar-refractivity contribution is 7.89. The maximum Gasteiger partial charge on any atom is 0.243 e. The van der Waals surface area contributed by atoms with Crippen LogP contribution >= 0.6 is 0 Å². The number of hydrogen-bond donors (Lipinski definition) is 0. The predicted molar refractivity (Wildman–Crippen MR) is 122 cm³/mol. The molecule has 1 aliphatic rings. The highest BCUT2D eigenvalue weighted by Crippen LogP contribution is 2.29. The zero-order valence-corrected chi connectivity index (χ0v) is 18.8. The van der Waals surface area contributed by atoms with Crippen molar-refractivity contribution in [3.8, 4) is 11.1 Å². The van der Waals surface area contributed by atoms with E-state index in [4.69, 9.17) is 4.42 Å². The fourth-order valence-electron chi connectivity index (χ4n) is 4.39. The molecule has 7 heteroatoms. The van der Waals surface area contributed by atoms with Gasteiger partial charge in [-0.3, -0.25) is 4.68 Å². The van der Waals surface area contributed by atoms with Crippen molar-refractivity contribution in [1.29, 1.82) is 0 Å². The Labute approximate surface area is 188 Å². The largest absolute Gasteiger partial charge is 0.468 e. The lowest BCUT2D eigenvalue weighted by atomic mass is 10.1. The molecule has 164 valence electrons. The highest BCUT2D eigenvalue weighted by Gasteiger charge is 2.29. The maximum atomic E-state index is 13.7. The predicted octanol–water partition coefficient (Wildman–Crippen LogP) is 4.56. The third kappa shape index (κ3) is 3.89. The summed E-state index contributed by atoms with van der Waals surface area (Å²) < 4.78 is 36.2. The van der Waals surface area contributed by atoms with Crippen LogP contribution in [-0.2, 0) is 43.0 Å². The van der Waals surface area contributed by atoms with Crippen LogP contribution in [0.5, 0.6) is 0 Å². The summed E-state index contributed by atoms with van der Waals surface area (Å²) in [5.41, 5.74) is 5.25. The second-order valence-corrected chi connectivity index (χ2v) is 10.0. The summed E-state index contributed by atoms with van der Waals surface area (Å²) in [5, 5.41) is 4.64. The molecule has 0 radical (unpaired) electrons. The summed E-state index contributed by atoms with van der Waals surface area (Å²) in [6, 6.07) is 20.5. The second kappa shape index (κ2) is 8.41. The molecule has 2 heterocycles. The van der Waals surface area contributed by atoms with Crippen LogP contribution in [0.3, 0.4) is 0 Å². The van der Waals surface area contributed by atoms with Crippen molar-refractivity contribution in [3.05, 3.63) is 95.7 Å². The first kappa shape index (κ1) is 20.7.